The Labute approximate surface area is 123 Å². The lowest BCUT2D eigenvalue weighted by atomic mass is 9.98. The fourth-order valence-corrected chi connectivity index (χ4v) is 3.97. The minimum Gasteiger partial charge on any atom is -0.399 e. The Morgan fingerprint density at radius 3 is 3.00 bits per heavy atom. The van der Waals surface area contributed by atoms with Gasteiger partial charge in [-0.1, -0.05) is 19.8 Å². The highest BCUT2D eigenvalue weighted by molar-refractivity contribution is 7.20. The maximum atomic E-state index is 12.2. The van der Waals surface area contributed by atoms with Gasteiger partial charge < -0.3 is 11.1 Å². The van der Waals surface area contributed by atoms with Crippen molar-refractivity contribution in [3.63, 3.8) is 0 Å². The van der Waals surface area contributed by atoms with Crippen LogP contribution < -0.4 is 11.1 Å². The van der Waals surface area contributed by atoms with E-state index in [4.69, 9.17) is 5.73 Å². The summed E-state index contributed by atoms with van der Waals surface area (Å²) in [5, 5.41) is 4.14. The van der Waals surface area contributed by atoms with E-state index in [0.717, 1.165) is 33.1 Å². The van der Waals surface area contributed by atoms with Crippen LogP contribution in [0.1, 0.15) is 35.9 Å². The first-order valence-electron chi connectivity index (χ1n) is 7.21. The van der Waals surface area contributed by atoms with Crippen LogP contribution in [0.15, 0.2) is 24.3 Å². The Morgan fingerprint density at radius 1 is 1.40 bits per heavy atom. The molecule has 1 aromatic heterocycles. The quantitative estimate of drug-likeness (QED) is 0.847. The highest BCUT2D eigenvalue weighted by atomic mass is 32.1. The fourth-order valence-electron chi connectivity index (χ4n) is 3.01. The van der Waals surface area contributed by atoms with Crippen LogP contribution in [0.5, 0.6) is 0 Å². The minimum absolute atomic E-state index is 0.0453. The molecule has 2 unspecified atom stereocenters. The number of amides is 1. The van der Waals surface area contributed by atoms with E-state index in [1.807, 2.05) is 24.3 Å². The van der Waals surface area contributed by atoms with Crippen LogP contribution in [-0.4, -0.2) is 12.5 Å². The molecule has 2 atom stereocenters. The van der Waals surface area contributed by atoms with Gasteiger partial charge in [-0.05, 0) is 47.9 Å². The predicted octanol–water partition coefficient (Wildman–Crippen LogP) is 3.65. The van der Waals surface area contributed by atoms with E-state index < -0.39 is 0 Å². The molecule has 3 nitrogen and oxygen atoms in total. The summed E-state index contributed by atoms with van der Waals surface area (Å²) in [4.78, 5) is 13.0. The molecule has 0 aliphatic heterocycles. The molecule has 0 radical (unpaired) electrons. The van der Waals surface area contributed by atoms with Gasteiger partial charge in [-0.2, -0.15) is 0 Å². The second-order valence-corrected chi connectivity index (χ2v) is 6.87. The standard InChI is InChI=1S/C16H20N2OS/c1-10-3-2-4-11(10)9-18-16(19)15-8-12-7-13(17)5-6-14(12)20-15/h5-8,10-11H,2-4,9,17H2,1H3,(H,18,19). The number of nitrogens with two attached hydrogens (primary N) is 1. The van der Waals surface area contributed by atoms with Crippen molar-refractivity contribution in [1.29, 1.82) is 0 Å². The van der Waals surface area contributed by atoms with Crippen LogP contribution in [-0.2, 0) is 0 Å². The third-order valence-electron chi connectivity index (χ3n) is 4.33. The maximum absolute atomic E-state index is 12.2. The predicted molar refractivity (Wildman–Crippen MR) is 85.1 cm³/mol. The summed E-state index contributed by atoms with van der Waals surface area (Å²) in [7, 11) is 0. The van der Waals surface area contributed by atoms with Gasteiger partial charge in [-0.15, -0.1) is 11.3 Å². The van der Waals surface area contributed by atoms with E-state index in [1.54, 1.807) is 0 Å². The van der Waals surface area contributed by atoms with E-state index in [1.165, 1.54) is 30.6 Å². The normalized spacial score (nSPS) is 22.2. The molecule has 1 heterocycles. The lowest BCUT2D eigenvalue weighted by molar-refractivity contribution is 0.0949. The average Bonchev–Trinajstić information content (AvgIpc) is 3.01. The highest BCUT2D eigenvalue weighted by Gasteiger charge is 2.23. The molecule has 3 rings (SSSR count). The van der Waals surface area contributed by atoms with Gasteiger partial charge in [0.1, 0.15) is 0 Å². The molecular formula is C16H20N2OS. The van der Waals surface area contributed by atoms with Crippen LogP contribution in [0.3, 0.4) is 0 Å². The van der Waals surface area contributed by atoms with E-state index >= 15 is 0 Å². The summed E-state index contributed by atoms with van der Waals surface area (Å²) < 4.78 is 1.11. The monoisotopic (exact) mass is 288 g/mol. The Morgan fingerprint density at radius 2 is 2.25 bits per heavy atom. The molecule has 1 aromatic carbocycles. The Hall–Kier alpha value is -1.55. The molecule has 106 valence electrons. The molecule has 0 spiro atoms. The number of rotatable bonds is 3. The Bertz CT molecular complexity index is 634. The summed E-state index contributed by atoms with van der Waals surface area (Å²) in [6, 6.07) is 7.71. The van der Waals surface area contributed by atoms with Crippen molar-refractivity contribution in [2.24, 2.45) is 11.8 Å². The molecule has 1 aliphatic carbocycles. The number of benzene rings is 1. The van der Waals surface area contributed by atoms with Crippen molar-refractivity contribution in [2.75, 3.05) is 12.3 Å². The van der Waals surface area contributed by atoms with E-state index in [-0.39, 0.29) is 5.91 Å². The summed E-state index contributed by atoms with van der Waals surface area (Å²) in [6.07, 6.45) is 3.83. The number of anilines is 1. The molecule has 20 heavy (non-hydrogen) atoms. The van der Waals surface area contributed by atoms with Gasteiger partial charge >= 0.3 is 0 Å². The zero-order chi connectivity index (χ0) is 14.1. The van der Waals surface area contributed by atoms with Crippen LogP contribution in [0, 0.1) is 11.8 Å². The van der Waals surface area contributed by atoms with Gasteiger partial charge in [0.15, 0.2) is 0 Å². The first-order chi connectivity index (χ1) is 9.63. The smallest absolute Gasteiger partial charge is 0.261 e. The van der Waals surface area contributed by atoms with Gasteiger partial charge in [0.25, 0.3) is 5.91 Å². The Balaban J connectivity index is 1.69. The number of carbonyl (C=O) groups is 1. The molecule has 0 bridgehead atoms. The minimum atomic E-state index is 0.0453. The second-order valence-electron chi connectivity index (χ2n) is 5.79. The summed E-state index contributed by atoms with van der Waals surface area (Å²) in [5.74, 6) is 1.42. The number of hydrogen-bond acceptors (Lipinski definition) is 3. The van der Waals surface area contributed by atoms with Crippen LogP contribution in [0.2, 0.25) is 0 Å². The Kier molecular flexibility index (Phi) is 3.66. The molecule has 1 fully saturated rings. The molecule has 0 saturated heterocycles. The zero-order valence-corrected chi connectivity index (χ0v) is 12.5. The van der Waals surface area contributed by atoms with Crippen molar-refractivity contribution >= 4 is 33.0 Å². The first kappa shape index (κ1) is 13.4. The number of thiophene rings is 1. The number of hydrogen-bond donors (Lipinski definition) is 2. The molecule has 1 saturated carbocycles. The largest absolute Gasteiger partial charge is 0.399 e. The van der Waals surface area contributed by atoms with Crippen molar-refractivity contribution in [2.45, 2.75) is 26.2 Å². The third kappa shape index (κ3) is 2.66. The number of fused-ring (bicyclic) bond motifs is 1. The van der Waals surface area contributed by atoms with Crippen molar-refractivity contribution in [3.8, 4) is 0 Å². The second kappa shape index (κ2) is 5.44. The number of nitrogens with one attached hydrogen (secondary N) is 1. The van der Waals surface area contributed by atoms with Crippen molar-refractivity contribution < 1.29 is 4.79 Å². The van der Waals surface area contributed by atoms with Crippen molar-refractivity contribution in [1.82, 2.24) is 5.32 Å². The van der Waals surface area contributed by atoms with Gasteiger partial charge in [0.05, 0.1) is 4.88 Å². The number of carbonyl (C=O) groups excluding carboxylic acids is 1. The van der Waals surface area contributed by atoms with Crippen LogP contribution in [0.25, 0.3) is 10.1 Å². The van der Waals surface area contributed by atoms with Gasteiger partial charge in [-0.25, -0.2) is 0 Å². The van der Waals surface area contributed by atoms with Gasteiger partial charge in [0.2, 0.25) is 0 Å². The lowest BCUT2D eigenvalue weighted by Crippen LogP contribution is -2.29. The van der Waals surface area contributed by atoms with Crippen LogP contribution >= 0.6 is 11.3 Å². The van der Waals surface area contributed by atoms with Gasteiger partial charge in [-0.3, -0.25) is 4.79 Å². The van der Waals surface area contributed by atoms with E-state index in [0.29, 0.717) is 5.92 Å². The lowest BCUT2D eigenvalue weighted by Gasteiger charge is -2.15. The SMILES string of the molecule is CC1CCCC1CNC(=O)c1cc2cc(N)ccc2s1. The molecule has 2 aromatic rings. The molecular weight excluding hydrogens is 268 g/mol. The topological polar surface area (TPSA) is 55.1 Å². The summed E-state index contributed by atoms with van der Waals surface area (Å²) in [5.41, 5.74) is 6.51. The average molecular weight is 288 g/mol. The zero-order valence-electron chi connectivity index (χ0n) is 11.7. The molecule has 1 aliphatic rings. The molecule has 3 N–H and O–H groups in total. The summed E-state index contributed by atoms with van der Waals surface area (Å²) in [6.45, 7) is 3.09. The highest BCUT2D eigenvalue weighted by Crippen LogP contribution is 2.31. The maximum Gasteiger partial charge on any atom is 0.261 e. The fraction of sp³-hybridized carbons (Fsp3) is 0.438. The van der Waals surface area contributed by atoms with E-state index in [2.05, 4.69) is 12.2 Å². The summed E-state index contributed by atoms with van der Waals surface area (Å²) >= 11 is 1.53. The van der Waals surface area contributed by atoms with Gasteiger partial charge in [0, 0.05) is 16.9 Å². The van der Waals surface area contributed by atoms with Crippen molar-refractivity contribution in [3.05, 3.63) is 29.1 Å². The molecule has 1 amide bonds. The number of nitrogen functional groups attached to an aromatic ring is 1. The molecule has 4 heteroatoms. The van der Waals surface area contributed by atoms with Crippen LogP contribution in [0.4, 0.5) is 5.69 Å². The first-order valence-corrected chi connectivity index (χ1v) is 8.02. The van der Waals surface area contributed by atoms with E-state index in [9.17, 15) is 4.79 Å². The third-order valence-corrected chi connectivity index (χ3v) is 5.44.